The number of aromatic nitrogens is 1. The topological polar surface area (TPSA) is 33.1 Å². The maximum Gasteiger partial charge on any atom is 0.108 e. The molecule has 2 rings (SSSR count). The van der Waals surface area contributed by atoms with E-state index >= 15 is 0 Å². The molecule has 1 unspecified atom stereocenters. The lowest BCUT2D eigenvalue weighted by molar-refractivity contribution is 0.195. The Bertz CT molecular complexity index is 453. The number of thiazole rings is 1. The molecule has 0 radical (unpaired) electrons. The fourth-order valence-corrected chi connectivity index (χ4v) is 3.37. The van der Waals surface area contributed by atoms with E-state index in [1.165, 1.54) is 5.56 Å². The van der Waals surface area contributed by atoms with Gasteiger partial charge >= 0.3 is 0 Å². The Morgan fingerprint density at radius 3 is 2.82 bits per heavy atom. The summed E-state index contributed by atoms with van der Waals surface area (Å²) in [6, 6.07) is 10.4. The zero-order valence-corrected chi connectivity index (χ0v) is 11.3. The van der Waals surface area contributed by atoms with Crippen molar-refractivity contribution < 1.29 is 5.11 Å². The van der Waals surface area contributed by atoms with Crippen LogP contribution in [0.5, 0.6) is 0 Å². The van der Waals surface area contributed by atoms with Crippen molar-refractivity contribution in [1.82, 2.24) is 4.98 Å². The van der Waals surface area contributed by atoms with Crippen molar-refractivity contribution in [2.75, 3.05) is 0 Å². The molecule has 1 aromatic heterocycles. The van der Waals surface area contributed by atoms with Crippen LogP contribution in [0, 0.1) is 0 Å². The van der Waals surface area contributed by atoms with E-state index in [4.69, 9.17) is 0 Å². The summed E-state index contributed by atoms with van der Waals surface area (Å²) in [5.41, 5.74) is 1.31. The van der Waals surface area contributed by atoms with Gasteiger partial charge in [-0.1, -0.05) is 30.3 Å². The van der Waals surface area contributed by atoms with Crippen LogP contribution in [0.4, 0.5) is 0 Å². The Labute approximate surface area is 110 Å². The first-order valence-corrected chi connectivity index (χ1v) is 7.40. The Hall–Kier alpha value is -0.840. The van der Waals surface area contributed by atoms with Crippen LogP contribution in [-0.2, 0) is 12.2 Å². The van der Waals surface area contributed by atoms with E-state index in [9.17, 15) is 5.11 Å². The normalized spacial score (nSPS) is 12.6. The standard InChI is InChI=1S/C13H15NOS2/c1-10(15)7-12-14-13(9-17-12)16-8-11-5-3-2-4-6-11/h2-6,9-10,15H,7-8H2,1H3. The third-order valence-electron chi connectivity index (χ3n) is 2.23. The fraction of sp³-hybridized carbons (Fsp3) is 0.308. The van der Waals surface area contributed by atoms with Gasteiger partial charge in [-0.2, -0.15) is 0 Å². The van der Waals surface area contributed by atoms with Gasteiger partial charge < -0.3 is 5.11 Å². The van der Waals surface area contributed by atoms with Gasteiger partial charge in [0.15, 0.2) is 0 Å². The second kappa shape index (κ2) is 6.19. The minimum atomic E-state index is -0.312. The molecule has 0 aliphatic heterocycles. The Morgan fingerprint density at radius 2 is 2.12 bits per heavy atom. The second-order valence-corrected chi connectivity index (χ2v) is 5.85. The Balaban J connectivity index is 1.89. The molecular weight excluding hydrogens is 250 g/mol. The second-order valence-electron chi connectivity index (χ2n) is 3.91. The molecule has 0 aliphatic carbocycles. The molecule has 0 saturated heterocycles. The Morgan fingerprint density at radius 1 is 1.35 bits per heavy atom. The smallest absolute Gasteiger partial charge is 0.108 e. The molecule has 1 aromatic carbocycles. The van der Waals surface area contributed by atoms with Crippen LogP contribution >= 0.6 is 23.1 Å². The number of hydrogen-bond donors (Lipinski definition) is 1. The average molecular weight is 265 g/mol. The van der Waals surface area contributed by atoms with Crippen LogP contribution in [0.15, 0.2) is 40.7 Å². The highest BCUT2D eigenvalue weighted by Gasteiger charge is 2.05. The van der Waals surface area contributed by atoms with E-state index in [0.29, 0.717) is 6.42 Å². The summed E-state index contributed by atoms with van der Waals surface area (Å²) >= 11 is 3.36. The number of nitrogens with zero attached hydrogens (tertiary/aromatic N) is 1. The number of benzene rings is 1. The largest absolute Gasteiger partial charge is 0.393 e. The SMILES string of the molecule is CC(O)Cc1nc(SCc2ccccc2)cs1. The molecule has 4 heteroatoms. The number of rotatable bonds is 5. The maximum absolute atomic E-state index is 9.28. The van der Waals surface area contributed by atoms with Crippen molar-refractivity contribution >= 4 is 23.1 Å². The molecule has 1 atom stereocenters. The highest BCUT2D eigenvalue weighted by Crippen LogP contribution is 2.24. The van der Waals surface area contributed by atoms with Crippen LogP contribution in [0.25, 0.3) is 0 Å². The molecule has 0 fully saturated rings. The van der Waals surface area contributed by atoms with Crippen molar-refractivity contribution in [2.45, 2.75) is 30.2 Å². The van der Waals surface area contributed by atoms with Gasteiger partial charge in [-0.05, 0) is 12.5 Å². The van der Waals surface area contributed by atoms with E-state index in [2.05, 4.69) is 34.6 Å². The molecule has 17 heavy (non-hydrogen) atoms. The summed E-state index contributed by atoms with van der Waals surface area (Å²) in [7, 11) is 0. The van der Waals surface area contributed by atoms with E-state index in [0.717, 1.165) is 15.8 Å². The molecule has 1 heterocycles. The molecule has 0 aliphatic rings. The zero-order valence-electron chi connectivity index (χ0n) is 9.67. The van der Waals surface area contributed by atoms with Crippen LogP contribution in [0.1, 0.15) is 17.5 Å². The van der Waals surface area contributed by atoms with Gasteiger partial charge in [-0.15, -0.1) is 23.1 Å². The van der Waals surface area contributed by atoms with Crippen molar-refractivity contribution in [2.24, 2.45) is 0 Å². The summed E-state index contributed by atoms with van der Waals surface area (Å²) < 4.78 is 0. The molecule has 2 nitrogen and oxygen atoms in total. The molecule has 0 saturated carbocycles. The maximum atomic E-state index is 9.28. The van der Waals surface area contributed by atoms with Gasteiger partial charge in [0.25, 0.3) is 0 Å². The van der Waals surface area contributed by atoms with Crippen LogP contribution in [0.3, 0.4) is 0 Å². The third kappa shape index (κ3) is 4.15. The number of thioether (sulfide) groups is 1. The summed E-state index contributed by atoms with van der Waals surface area (Å²) in [5, 5.41) is 13.4. The van der Waals surface area contributed by atoms with Crippen molar-refractivity contribution in [3.63, 3.8) is 0 Å². The molecule has 0 spiro atoms. The number of aliphatic hydroxyl groups is 1. The van der Waals surface area contributed by atoms with Gasteiger partial charge in [0, 0.05) is 17.6 Å². The summed E-state index contributed by atoms with van der Waals surface area (Å²) in [4.78, 5) is 4.49. The molecule has 90 valence electrons. The number of aliphatic hydroxyl groups excluding tert-OH is 1. The predicted octanol–water partition coefficient (Wildman–Crippen LogP) is 3.36. The minimum absolute atomic E-state index is 0.312. The molecule has 0 amide bonds. The van der Waals surface area contributed by atoms with E-state index in [1.807, 2.05) is 6.07 Å². The zero-order chi connectivity index (χ0) is 12.1. The third-order valence-corrected chi connectivity index (χ3v) is 4.23. The lowest BCUT2D eigenvalue weighted by atomic mass is 10.2. The van der Waals surface area contributed by atoms with Crippen LogP contribution < -0.4 is 0 Å². The monoisotopic (exact) mass is 265 g/mol. The van der Waals surface area contributed by atoms with Crippen LogP contribution in [-0.4, -0.2) is 16.2 Å². The van der Waals surface area contributed by atoms with E-state index in [1.54, 1.807) is 30.0 Å². The molecular formula is C13H15NOS2. The van der Waals surface area contributed by atoms with Gasteiger partial charge in [0.2, 0.25) is 0 Å². The van der Waals surface area contributed by atoms with Gasteiger partial charge in [0.1, 0.15) is 5.03 Å². The Kier molecular flexibility index (Phi) is 4.59. The summed E-state index contributed by atoms with van der Waals surface area (Å²) in [6.45, 7) is 1.79. The van der Waals surface area contributed by atoms with E-state index < -0.39 is 0 Å². The highest BCUT2D eigenvalue weighted by atomic mass is 32.2. The minimum Gasteiger partial charge on any atom is -0.393 e. The van der Waals surface area contributed by atoms with Gasteiger partial charge in [0.05, 0.1) is 11.1 Å². The lowest BCUT2D eigenvalue weighted by Crippen LogP contribution is -2.03. The molecule has 0 bridgehead atoms. The van der Waals surface area contributed by atoms with Crippen LogP contribution in [0.2, 0.25) is 0 Å². The fourth-order valence-electron chi connectivity index (χ4n) is 1.44. The lowest BCUT2D eigenvalue weighted by Gasteiger charge is -1.99. The summed E-state index contributed by atoms with van der Waals surface area (Å²) in [6.07, 6.45) is 0.337. The van der Waals surface area contributed by atoms with Gasteiger partial charge in [-0.3, -0.25) is 0 Å². The van der Waals surface area contributed by atoms with Crippen molar-refractivity contribution in [1.29, 1.82) is 0 Å². The quantitative estimate of drug-likeness (QED) is 0.842. The van der Waals surface area contributed by atoms with Gasteiger partial charge in [-0.25, -0.2) is 4.98 Å². The summed E-state index contributed by atoms with van der Waals surface area (Å²) in [5.74, 6) is 0.943. The number of hydrogen-bond acceptors (Lipinski definition) is 4. The average Bonchev–Trinajstić information content (AvgIpc) is 2.75. The molecule has 1 N–H and O–H groups in total. The molecule has 2 aromatic rings. The predicted molar refractivity (Wildman–Crippen MR) is 73.5 cm³/mol. The van der Waals surface area contributed by atoms with Crippen molar-refractivity contribution in [3.8, 4) is 0 Å². The highest BCUT2D eigenvalue weighted by molar-refractivity contribution is 7.98. The first kappa shape index (κ1) is 12.6. The first-order chi connectivity index (χ1) is 8.24. The first-order valence-electron chi connectivity index (χ1n) is 5.53. The van der Waals surface area contributed by atoms with E-state index in [-0.39, 0.29) is 6.10 Å². The van der Waals surface area contributed by atoms with Crippen molar-refractivity contribution in [3.05, 3.63) is 46.3 Å².